The number of rotatable bonds is 6. The first-order valence-corrected chi connectivity index (χ1v) is 10.5. The molecule has 0 spiro atoms. The van der Waals surface area contributed by atoms with Crippen molar-refractivity contribution < 1.29 is 9.53 Å². The third kappa shape index (κ3) is 6.07. The van der Waals surface area contributed by atoms with Crippen LogP contribution in [0.5, 0.6) is 0 Å². The Bertz CT molecular complexity index is 493. The molecule has 0 saturated carbocycles. The summed E-state index contributed by atoms with van der Waals surface area (Å²) in [5.74, 6) is 1.23. The monoisotopic (exact) mass is 381 g/mol. The third-order valence-corrected chi connectivity index (χ3v) is 5.89. The summed E-state index contributed by atoms with van der Waals surface area (Å²) in [6.07, 6.45) is 3.96. The fourth-order valence-electron chi connectivity index (χ4n) is 3.85. The van der Waals surface area contributed by atoms with Crippen molar-refractivity contribution in [3.05, 3.63) is 0 Å². The van der Waals surface area contributed by atoms with Crippen LogP contribution in [0.3, 0.4) is 0 Å². The summed E-state index contributed by atoms with van der Waals surface area (Å²) < 4.78 is 5.56. The van der Waals surface area contributed by atoms with Crippen LogP contribution >= 0.6 is 0 Å². The van der Waals surface area contributed by atoms with Crippen LogP contribution < -0.4 is 10.6 Å². The maximum atomic E-state index is 12.2. The summed E-state index contributed by atoms with van der Waals surface area (Å²) in [5.41, 5.74) is 0.0770. The number of guanidine groups is 1. The lowest BCUT2D eigenvalue weighted by molar-refractivity contribution is -0.135. The Morgan fingerprint density at radius 2 is 1.89 bits per heavy atom. The molecule has 2 heterocycles. The summed E-state index contributed by atoms with van der Waals surface area (Å²) >= 11 is 0. The molecule has 0 unspecified atom stereocenters. The molecule has 2 fully saturated rings. The van der Waals surface area contributed by atoms with Gasteiger partial charge in [-0.25, -0.2) is 0 Å². The summed E-state index contributed by atoms with van der Waals surface area (Å²) in [5, 5.41) is 6.98. The molecule has 0 bridgehead atoms. The molecule has 0 aliphatic carbocycles. The third-order valence-electron chi connectivity index (χ3n) is 5.89. The van der Waals surface area contributed by atoms with Gasteiger partial charge in [0.2, 0.25) is 5.91 Å². The Labute approximate surface area is 164 Å². The van der Waals surface area contributed by atoms with Gasteiger partial charge >= 0.3 is 0 Å². The lowest BCUT2D eigenvalue weighted by Crippen LogP contribution is -2.53. The number of likely N-dealkylation sites (N-methyl/N-ethyl adjacent to an activating group) is 1. The van der Waals surface area contributed by atoms with E-state index >= 15 is 0 Å². The first-order chi connectivity index (χ1) is 12.9. The number of hydrogen-bond acceptors (Lipinski definition) is 4. The first-order valence-electron chi connectivity index (χ1n) is 10.5. The number of ether oxygens (including phenoxy) is 1. The smallest absolute Gasteiger partial charge is 0.225 e. The van der Waals surface area contributed by atoms with Crippen LogP contribution in [0.4, 0.5) is 0 Å². The quantitative estimate of drug-likeness (QED) is 0.536. The molecule has 2 saturated heterocycles. The van der Waals surface area contributed by atoms with E-state index in [1.54, 1.807) is 0 Å². The largest absolute Gasteiger partial charge is 0.381 e. The van der Waals surface area contributed by atoms with E-state index in [0.717, 1.165) is 71.0 Å². The van der Waals surface area contributed by atoms with Crippen LogP contribution in [0.1, 0.15) is 46.5 Å². The molecular weight excluding hydrogens is 342 g/mol. The highest BCUT2D eigenvalue weighted by atomic mass is 16.5. The van der Waals surface area contributed by atoms with Crippen LogP contribution in [0, 0.1) is 5.92 Å². The van der Waals surface area contributed by atoms with Crippen molar-refractivity contribution in [1.29, 1.82) is 0 Å². The van der Waals surface area contributed by atoms with E-state index in [2.05, 4.69) is 36.6 Å². The van der Waals surface area contributed by atoms with Gasteiger partial charge in [-0.05, 0) is 46.7 Å². The fraction of sp³-hybridized carbons (Fsp3) is 0.900. The molecule has 0 aromatic carbocycles. The van der Waals surface area contributed by atoms with E-state index < -0.39 is 0 Å². The molecule has 2 aliphatic heterocycles. The van der Waals surface area contributed by atoms with Gasteiger partial charge in [-0.15, -0.1) is 0 Å². The topological polar surface area (TPSA) is 69.2 Å². The maximum Gasteiger partial charge on any atom is 0.225 e. The zero-order chi connectivity index (χ0) is 19.9. The molecule has 2 N–H and O–H groups in total. The lowest BCUT2D eigenvalue weighted by atomic mass is 9.89. The minimum atomic E-state index is 0.0770. The SMILES string of the molecule is CCNC(=NCC1(N(C)C)CCOCC1)NC1CCN(C(=O)C(C)C)CC1. The summed E-state index contributed by atoms with van der Waals surface area (Å²) in [6, 6.07) is 0.365. The van der Waals surface area contributed by atoms with Crippen molar-refractivity contribution in [2.45, 2.75) is 58.0 Å². The number of carbonyl (C=O) groups is 1. The van der Waals surface area contributed by atoms with Crippen molar-refractivity contribution in [2.75, 3.05) is 53.5 Å². The van der Waals surface area contributed by atoms with E-state index in [1.807, 2.05) is 18.7 Å². The molecule has 0 aromatic rings. The van der Waals surface area contributed by atoms with Crippen LogP contribution in [-0.2, 0) is 9.53 Å². The van der Waals surface area contributed by atoms with Crippen LogP contribution in [0.25, 0.3) is 0 Å². The number of nitrogens with one attached hydrogen (secondary N) is 2. The van der Waals surface area contributed by atoms with Gasteiger partial charge in [0.15, 0.2) is 5.96 Å². The normalized spacial score (nSPS) is 21.6. The van der Waals surface area contributed by atoms with E-state index in [9.17, 15) is 4.79 Å². The van der Waals surface area contributed by atoms with Crippen LogP contribution in [0.2, 0.25) is 0 Å². The molecule has 7 heteroatoms. The van der Waals surface area contributed by atoms with Gasteiger partial charge in [0.25, 0.3) is 0 Å². The predicted molar refractivity (Wildman–Crippen MR) is 110 cm³/mol. The Balaban J connectivity index is 1.93. The molecular formula is C20H39N5O2. The Hall–Kier alpha value is -1.34. The molecule has 2 rings (SSSR count). The Morgan fingerprint density at radius 3 is 2.41 bits per heavy atom. The summed E-state index contributed by atoms with van der Waals surface area (Å²) in [6.45, 7) is 10.9. The van der Waals surface area contributed by atoms with Crippen molar-refractivity contribution in [3.63, 3.8) is 0 Å². The van der Waals surface area contributed by atoms with E-state index in [0.29, 0.717) is 6.04 Å². The minimum Gasteiger partial charge on any atom is -0.381 e. The minimum absolute atomic E-state index is 0.0770. The highest BCUT2D eigenvalue weighted by molar-refractivity contribution is 5.80. The molecule has 7 nitrogen and oxygen atoms in total. The van der Waals surface area contributed by atoms with E-state index in [4.69, 9.17) is 9.73 Å². The van der Waals surface area contributed by atoms with Gasteiger partial charge in [0.05, 0.1) is 6.54 Å². The van der Waals surface area contributed by atoms with E-state index in [-0.39, 0.29) is 17.4 Å². The van der Waals surface area contributed by atoms with Gasteiger partial charge in [-0.1, -0.05) is 13.8 Å². The zero-order valence-corrected chi connectivity index (χ0v) is 17.9. The number of carbonyl (C=O) groups excluding carboxylic acids is 1. The zero-order valence-electron chi connectivity index (χ0n) is 17.9. The lowest BCUT2D eigenvalue weighted by Gasteiger charge is -2.42. The average Bonchev–Trinajstić information content (AvgIpc) is 2.67. The van der Waals surface area contributed by atoms with Crippen LogP contribution in [-0.4, -0.2) is 86.7 Å². The van der Waals surface area contributed by atoms with Crippen molar-refractivity contribution in [3.8, 4) is 0 Å². The second-order valence-electron chi connectivity index (χ2n) is 8.32. The standard InChI is InChI=1S/C20H39N5O2/c1-6-21-19(22-15-20(24(4)5)9-13-27-14-10-20)23-17-7-11-25(12-8-17)18(26)16(2)3/h16-17H,6-15H2,1-5H3,(H2,21,22,23). The highest BCUT2D eigenvalue weighted by Gasteiger charge is 2.35. The summed E-state index contributed by atoms with van der Waals surface area (Å²) in [7, 11) is 4.28. The molecule has 27 heavy (non-hydrogen) atoms. The molecule has 1 amide bonds. The van der Waals surface area contributed by atoms with Gasteiger partial charge in [-0.2, -0.15) is 0 Å². The maximum absolute atomic E-state index is 12.2. The Kier molecular flexibility index (Phi) is 8.35. The molecule has 0 atom stereocenters. The number of nitrogens with zero attached hydrogens (tertiary/aromatic N) is 3. The number of piperidine rings is 1. The van der Waals surface area contributed by atoms with Gasteiger partial charge < -0.3 is 25.2 Å². The first kappa shape index (κ1) is 22.0. The number of amides is 1. The van der Waals surface area contributed by atoms with Crippen molar-refractivity contribution in [1.82, 2.24) is 20.4 Å². The highest BCUT2D eigenvalue weighted by Crippen LogP contribution is 2.26. The average molecular weight is 382 g/mol. The second-order valence-corrected chi connectivity index (χ2v) is 8.32. The number of likely N-dealkylation sites (tertiary alicyclic amines) is 1. The van der Waals surface area contributed by atoms with Crippen molar-refractivity contribution in [2.24, 2.45) is 10.9 Å². The van der Waals surface area contributed by atoms with Gasteiger partial charge in [-0.3, -0.25) is 9.79 Å². The predicted octanol–water partition coefficient (Wildman–Crippen LogP) is 1.30. The Morgan fingerprint density at radius 1 is 1.26 bits per heavy atom. The van der Waals surface area contributed by atoms with Gasteiger partial charge in [0.1, 0.15) is 0 Å². The molecule has 156 valence electrons. The van der Waals surface area contributed by atoms with Crippen molar-refractivity contribution >= 4 is 11.9 Å². The molecule has 0 aromatic heterocycles. The molecule has 2 aliphatic rings. The summed E-state index contributed by atoms with van der Waals surface area (Å²) in [4.78, 5) is 21.4. The molecule has 0 radical (unpaired) electrons. The van der Waals surface area contributed by atoms with Gasteiger partial charge in [0, 0.05) is 50.3 Å². The number of aliphatic imine (C=N–C) groups is 1. The van der Waals surface area contributed by atoms with Crippen LogP contribution in [0.15, 0.2) is 4.99 Å². The van der Waals surface area contributed by atoms with E-state index in [1.165, 1.54) is 0 Å². The fourth-order valence-corrected chi connectivity index (χ4v) is 3.85. The second kappa shape index (κ2) is 10.3. The number of hydrogen-bond donors (Lipinski definition) is 2.